The summed E-state index contributed by atoms with van der Waals surface area (Å²) in [4.78, 5) is 14.0. The van der Waals surface area contributed by atoms with Crippen LogP contribution in [-0.2, 0) is 6.42 Å². The highest BCUT2D eigenvalue weighted by atomic mass is 19.3. The molecule has 4 aliphatic heterocycles. The number of nitrogens with one attached hydrogen (secondary N) is 1. The molecule has 2 unspecified atom stereocenters. The number of phenols is 1. The van der Waals surface area contributed by atoms with E-state index in [0.29, 0.717) is 42.7 Å². The van der Waals surface area contributed by atoms with Crippen molar-refractivity contribution in [3.05, 3.63) is 53.3 Å². The molecule has 7 nitrogen and oxygen atoms in total. The van der Waals surface area contributed by atoms with Gasteiger partial charge in [0.1, 0.15) is 23.7 Å². The largest absolute Gasteiger partial charge is 0.508 e. The molecule has 0 spiro atoms. The molecule has 0 saturated carbocycles. The monoisotopic (exact) mass is 617 g/mol. The smallest absolute Gasteiger partial charge is 0.319 e. The second-order valence-corrected chi connectivity index (χ2v) is 13.3. The molecule has 4 fully saturated rings. The van der Waals surface area contributed by atoms with Gasteiger partial charge in [0.2, 0.25) is 0 Å². The summed E-state index contributed by atoms with van der Waals surface area (Å²) in [5, 5.41) is 15.8. The lowest BCUT2D eigenvalue weighted by Crippen LogP contribution is -2.51. The summed E-state index contributed by atoms with van der Waals surface area (Å²) in [6.07, 6.45) is 4.00. The third-order valence-electron chi connectivity index (χ3n) is 10.7. The number of hydrogen-bond donors (Lipinski definition) is 2. The third kappa shape index (κ3) is 4.79. The van der Waals surface area contributed by atoms with Crippen molar-refractivity contribution in [2.75, 3.05) is 37.7 Å². The summed E-state index contributed by atoms with van der Waals surface area (Å²) >= 11 is 0. The van der Waals surface area contributed by atoms with Crippen molar-refractivity contribution in [1.82, 2.24) is 20.2 Å². The van der Waals surface area contributed by atoms with E-state index in [1.165, 1.54) is 12.1 Å². The van der Waals surface area contributed by atoms with Gasteiger partial charge in [-0.3, -0.25) is 4.90 Å². The molecule has 2 bridgehead atoms. The Balaban J connectivity index is 1.33. The van der Waals surface area contributed by atoms with E-state index >= 15 is 4.39 Å². The van der Waals surface area contributed by atoms with Crippen LogP contribution in [-0.4, -0.2) is 70.4 Å². The van der Waals surface area contributed by atoms with Crippen molar-refractivity contribution in [3.63, 3.8) is 0 Å². The van der Waals surface area contributed by atoms with Crippen LogP contribution in [0.25, 0.3) is 32.8 Å². The van der Waals surface area contributed by atoms with E-state index in [1.54, 1.807) is 12.1 Å². The summed E-state index contributed by atoms with van der Waals surface area (Å²) in [6, 6.07) is 10.5. The average molecular weight is 618 g/mol. The van der Waals surface area contributed by atoms with Crippen LogP contribution in [0, 0.1) is 5.82 Å². The van der Waals surface area contributed by atoms with Crippen LogP contribution in [0.5, 0.6) is 11.8 Å². The number of aromatic hydroxyl groups is 1. The number of phenolic OH excluding ortho intramolecular Hbond substituents is 1. The number of rotatable bonds is 7. The Labute approximate surface area is 260 Å². The van der Waals surface area contributed by atoms with E-state index in [-0.39, 0.29) is 51.4 Å². The quantitative estimate of drug-likeness (QED) is 0.238. The molecule has 4 saturated heterocycles. The maximum atomic E-state index is 17.1. The van der Waals surface area contributed by atoms with Gasteiger partial charge < -0.3 is 20.1 Å². The van der Waals surface area contributed by atoms with Crippen LogP contribution >= 0.6 is 0 Å². The van der Waals surface area contributed by atoms with Gasteiger partial charge in [-0.2, -0.15) is 9.97 Å². The normalized spacial score (nSPS) is 22.6. The average Bonchev–Trinajstić information content (AvgIpc) is 3.72. The lowest BCUT2D eigenvalue weighted by atomic mass is 9.89. The first-order valence-corrected chi connectivity index (χ1v) is 16.3. The van der Waals surface area contributed by atoms with Crippen LogP contribution < -0.4 is 15.0 Å². The molecular weight excluding hydrogens is 579 g/mol. The molecule has 5 heterocycles. The zero-order valence-corrected chi connectivity index (χ0v) is 25.5. The molecule has 3 aromatic carbocycles. The zero-order chi connectivity index (χ0) is 30.9. The van der Waals surface area contributed by atoms with Crippen molar-refractivity contribution in [2.24, 2.45) is 0 Å². The lowest BCUT2D eigenvalue weighted by Gasteiger charge is -2.35. The number of anilines is 1. The third-order valence-corrected chi connectivity index (χ3v) is 10.7. The van der Waals surface area contributed by atoms with Crippen molar-refractivity contribution in [2.45, 2.75) is 75.9 Å². The van der Waals surface area contributed by atoms with Gasteiger partial charge in [0.05, 0.1) is 5.54 Å². The lowest BCUT2D eigenvalue weighted by molar-refractivity contribution is 0.108. The van der Waals surface area contributed by atoms with E-state index in [0.717, 1.165) is 57.2 Å². The highest BCUT2D eigenvalue weighted by Gasteiger charge is 2.45. The number of piperazine rings is 1. The van der Waals surface area contributed by atoms with E-state index < -0.39 is 17.8 Å². The SMILES string of the molecule is CCc1cccc2cc(O)cc(-c3c(C(F)F)cc4c(N5CC6CCC(C5)N6)nc(OCC56CCCN5CCC6)nc4c3F)c12. The van der Waals surface area contributed by atoms with Gasteiger partial charge in [0, 0.05) is 41.7 Å². The van der Waals surface area contributed by atoms with Crippen LogP contribution in [0.3, 0.4) is 0 Å². The molecule has 2 atom stereocenters. The van der Waals surface area contributed by atoms with Gasteiger partial charge in [-0.05, 0) is 98.1 Å². The fourth-order valence-electron chi connectivity index (χ4n) is 8.57. The second kappa shape index (κ2) is 11.0. The fraction of sp³-hybridized carbons (Fsp3) is 0.486. The number of halogens is 3. The summed E-state index contributed by atoms with van der Waals surface area (Å²) in [6.45, 7) is 5.75. The molecule has 4 aromatic rings. The van der Waals surface area contributed by atoms with Gasteiger partial charge >= 0.3 is 6.01 Å². The Hall–Kier alpha value is -3.63. The number of ether oxygens (including phenoxy) is 1. The molecule has 0 aliphatic carbocycles. The molecule has 10 heteroatoms. The molecule has 0 amide bonds. The Morgan fingerprint density at radius 3 is 2.53 bits per heavy atom. The van der Waals surface area contributed by atoms with Gasteiger partial charge in [0.15, 0.2) is 5.82 Å². The van der Waals surface area contributed by atoms with Gasteiger partial charge in [-0.1, -0.05) is 25.1 Å². The zero-order valence-electron chi connectivity index (χ0n) is 25.5. The van der Waals surface area contributed by atoms with E-state index in [2.05, 4.69) is 20.1 Å². The van der Waals surface area contributed by atoms with E-state index in [9.17, 15) is 13.9 Å². The first-order chi connectivity index (χ1) is 21.8. The van der Waals surface area contributed by atoms with Crippen molar-refractivity contribution in [3.8, 4) is 22.9 Å². The Kier molecular flexibility index (Phi) is 7.05. The van der Waals surface area contributed by atoms with Gasteiger partial charge in [-0.15, -0.1) is 0 Å². The molecule has 1 aromatic heterocycles. The summed E-state index contributed by atoms with van der Waals surface area (Å²) in [5.41, 5.74) is 0.312. The van der Waals surface area contributed by atoms with E-state index in [4.69, 9.17) is 9.72 Å². The van der Waals surface area contributed by atoms with Crippen LogP contribution in [0.1, 0.15) is 63.0 Å². The highest BCUT2D eigenvalue weighted by Crippen LogP contribution is 2.45. The van der Waals surface area contributed by atoms with Crippen molar-refractivity contribution < 1.29 is 23.0 Å². The van der Waals surface area contributed by atoms with Crippen LogP contribution in [0.4, 0.5) is 19.0 Å². The standard InChI is InChI=1S/C35H38F3N5O2/c1-2-20-6-3-7-21-14-24(44)15-25(28(20)21)29-26(32(37)38)16-27-31(30(29)36)40-34(45-19-35-10-4-12-43(35)13-5-11-35)41-33(27)42-17-22-8-9-23(18-42)39-22/h3,6-7,14-16,22-23,32,39,44H,2,4-5,8-13,17-19H2,1H3. The number of fused-ring (bicyclic) bond motifs is 5. The van der Waals surface area contributed by atoms with Gasteiger partial charge in [-0.25, -0.2) is 13.2 Å². The molecule has 8 rings (SSSR count). The van der Waals surface area contributed by atoms with Crippen LogP contribution in [0.2, 0.25) is 0 Å². The Bertz CT molecular complexity index is 1780. The topological polar surface area (TPSA) is 73.8 Å². The minimum atomic E-state index is -2.97. The van der Waals surface area contributed by atoms with Crippen LogP contribution in [0.15, 0.2) is 36.4 Å². The number of benzene rings is 3. The summed E-state index contributed by atoms with van der Waals surface area (Å²) in [7, 11) is 0. The maximum absolute atomic E-state index is 17.1. The molecule has 4 aliphatic rings. The minimum absolute atomic E-state index is 0.0436. The number of nitrogens with zero attached hydrogens (tertiary/aromatic N) is 4. The summed E-state index contributed by atoms with van der Waals surface area (Å²) in [5.74, 6) is -0.539. The Morgan fingerprint density at radius 2 is 1.82 bits per heavy atom. The fourth-order valence-corrected chi connectivity index (χ4v) is 8.57. The molecule has 0 radical (unpaired) electrons. The predicted octanol–water partition coefficient (Wildman–Crippen LogP) is 6.74. The summed E-state index contributed by atoms with van der Waals surface area (Å²) < 4.78 is 53.4. The predicted molar refractivity (Wildman–Crippen MR) is 169 cm³/mol. The highest BCUT2D eigenvalue weighted by molar-refractivity contribution is 6.04. The molecule has 45 heavy (non-hydrogen) atoms. The number of aryl methyl sites for hydroxylation is 1. The number of alkyl halides is 2. The first kappa shape index (κ1) is 28.8. The molecule has 2 N–H and O–H groups in total. The Morgan fingerprint density at radius 1 is 1.07 bits per heavy atom. The second-order valence-electron chi connectivity index (χ2n) is 13.3. The maximum Gasteiger partial charge on any atom is 0.319 e. The van der Waals surface area contributed by atoms with Crippen molar-refractivity contribution >= 4 is 27.5 Å². The van der Waals surface area contributed by atoms with E-state index in [1.807, 2.05) is 19.1 Å². The first-order valence-electron chi connectivity index (χ1n) is 16.3. The number of hydrogen-bond acceptors (Lipinski definition) is 7. The number of aromatic nitrogens is 2. The van der Waals surface area contributed by atoms with Crippen molar-refractivity contribution in [1.29, 1.82) is 0 Å². The molecular formula is C35H38F3N5O2. The minimum Gasteiger partial charge on any atom is -0.508 e. The van der Waals surface area contributed by atoms with Gasteiger partial charge in [0.25, 0.3) is 6.43 Å². The molecule has 236 valence electrons.